The van der Waals surface area contributed by atoms with Gasteiger partial charge in [-0.2, -0.15) is 11.8 Å². The number of hydrogen-bond acceptors (Lipinski definition) is 4. The molecule has 0 aromatic carbocycles. The molecule has 0 spiro atoms. The third-order valence-electron chi connectivity index (χ3n) is 4.02. The SMILES string of the molecule is CCNC(=NCC(CC)CC)NCCS(=O)(=O)N1CCSCC1.I. The average molecular weight is 492 g/mol. The van der Waals surface area contributed by atoms with Gasteiger partial charge in [0, 0.05) is 44.2 Å². The summed E-state index contributed by atoms with van der Waals surface area (Å²) >= 11 is 1.81. The second-order valence-electron chi connectivity index (χ2n) is 5.66. The minimum atomic E-state index is -3.16. The summed E-state index contributed by atoms with van der Waals surface area (Å²) in [6, 6.07) is 0. The van der Waals surface area contributed by atoms with Gasteiger partial charge >= 0.3 is 0 Å². The second kappa shape index (κ2) is 13.5. The number of halogens is 1. The molecule has 1 aliphatic heterocycles. The van der Waals surface area contributed by atoms with Gasteiger partial charge in [0.2, 0.25) is 10.0 Å². The van der Waals surface area contributed by atoms with Gasteiger partial charge in [0.25, 0.3) is 0 Å². The van der Waals surface area contributed by atoms with Crippen molar-refractivity contribution in [2.45, 2.75) is 33.6 Å². The Balaban J connectivity index is 0.00000529. The van der Waals surface area contributed by atoms with Crippen molar-refractivity contribution in [1.82, 2.24) is 14.9 Å². The Morgan fingerprint density at radius 1 is 1.17 bits per heavy atom. The van der Waals surface area contributed by atoms with E-state index >= 15 is 0 Å². The molecule has 0 saturated carbocycles. The van der Waals surface area contributed by atoms with Crippen LogP contribution in [0.15, 0.2) is 4.99 Å². The fraction of sp³-hybridized carbons (Fsp3) is 0.933. The standard InChI is InChI=1S/C15H32N4O2S2.HI/c1-4-14(5-2)13-18-15(16-6-3)17-7-12-23(20,21)19-8-10-22-11-9-19;/h14H,4-13H2,1-3H3,(H2,16,17,18);1H. The molecule has 0 atom stereocenters. The summed E-state index contributed by atoms with van der Waals surface area (Å²) in [4.78, 5) is 4.57. The second-order valence-corrected chi connectivity index (χ2v) is 8.97. The maximum Gasteiger partial charge on any atom is 0.215 e. The van der Waals surface area contributed by atoms with E-state index in [9.17, 15) is 8.42 Å². The highest BCUT2D eigenvalue weighted by Gasteiger charge is 2.23. The van der Waals surface area contributed by atoms with E-state index in [1.165, 1.54) is 0 Å². The van der Waals surface area contributed by atoms with Gasteiger partial charge in [0.1, 0.15) is 0 Å². The van der Waals surface area contributed by atoms with Gasteiger partial charge in [-0.25, -0.2) is 12.7 Å². The molecule has 0 aromatic heterocycles. The molecule has 0 bridgehead atoms. The highest BCUT2D eigenvalue weighted by molar-refractivity contribution is 14.0. The Bertz CT molecular complexity index is 450. The van der Waals surface area contributed by atoms with Gasteiger partial charge in [-0.05, 0) is 12.8 Å². The smallest absolute Gasteiger partial charge is 0.215 e. The number of thioether (sulfide) groups is 1. The summed E-state index contributed by atoms with van der Waals surface area (Å²) in [6.07, 6.45) is 2.22. The van der Waals surface area contributed by atoms with Crippen molar-refractivity contribution >= 4 is 51.7 Å². The molecule has 2 N–H and O–H groups in total. The van der Waals surface area contributed by atoms with Gasteiger partial charge in [0.15, 0.2) is 5.96 Å². The van der Waals surface area contributed by atoms with Crippen molar-refractivity contribution in [3.05, 3.63) is 0 Å². The third kappa shape index (κ3) is 9.10. The molecule has 0 aliphatic carbocycles. The lowest BCUT2D eigenvalue weighted by Gasteiger charge is -2.25. The van der Waals surface area contributed by atoms with Crippen LogP contribution >= 0.6 is 35.7 Å². The largest absolute Gasteiger partial charge is 0.357 e. The predicted molar refractivity (Wildman–Crippen MR) is 116 cm³/mol. The van der Waals surface area contributed by atoms with E-state index in [1.54, 1.807) is 4.31 Å². The molecular formula is C15H33IN4O2S2. The summed E-state index contributed by atoms with van der Waals surface area (Å²) in [5.74, 6) is 3.20. The summed E-state index contributed by atoms with van der Waals surface area (Å²) in [6.45, 7) is 9.56. The van der Waals surface area contributed by atoms with Crippen molar-refractivity contribution in [3.63, 3.8) is 0 Å². The van der Waals surface area contributed by atoms with Crippen molar-refractivity contribution in [3.8, 4) is 0 Å². The zero-order valence-electron chi connectivity index (χ0n) is 15.1. The summed E-state index contributed by atoms with van der Waals surface area (Å²) in [5.41, 5.74) is 0. The molecule has 0 radical (unpaired) electrons. The van der Waals surface area contributed by atoms with Crippen molar-refractivity contribution in [2.24, 2.45) is 10.9 Å². The maximum absolute atomic E-state index is 12.3. The normalized spacial score (nSPS) is 16.8. The fourth-order valence-electron chi connectivity index (χ4n) is 2.36. The monoisotopic (exact) mass is 492 g/mol. The topological polar surface area (TPSA) is 73.8 Å². The number of hydrogen-bond donors (Lipinski definition) is 2. The highest BCUT2D eigenvalue weighted by Crippen LogP contribution is 2.13. The van der Waals surface area contributed by atoms with Crippen LogP contribution in [0.2, 0.25) is 0 Å². The summed E-state index contributed by atoms with van der Waals surface area (Å²) in [5, 5.41) is 6.33. The predicted octanol–water partition coefficient (Wildman–Crippen LogP) is 1.97. The van der Waals surface area contributed by atoms with Crippen LogP contribution in [0.1, 0.15) is 33.6 Å². The Kier molecular flexibility index (Phi) is 13.6. The van der Waals surface area contributed by atoms with Crippen LogP contribution in [0.25, 0.3) is 0 Å². The van der Waals surface area contributed by atoms with Crippen LogP contribution in [-0.4, -0.2) is 68.7 Å². The van der Waals surface area contributed by atoms with E-state index < -0.39 is 10.0 Å². The van der Waals surface area contributed by atoms with Gasteiger partial charge in [-0.3, -0.25) is 4.99 Å². The number of nitrogens with one attached hydrogen (secondary N) is 2. The van der Waals surface area contributed by atoms with E-state index in [0.717, 1.165) is 37.4 Å². The minimum Gasteiger partial charge on any atom is -0.357 e. The van der Waals surface area contributed by atoms with Crippen molar-refractivity contribution in [2.75, 3.05) is 50.0 Å². The molecule has 6 nitrogen and oxygen atoms in total. The van der Waals surface area contributed by atoms with E-state index in [-0.39, 0.29) is 29.7 Å². The lowest BCUT2D eigenvalue weighted by Crippen LogP contribution is -2.44. The van der Waals surface area contributed by atoms with E-state index in [1.807, 2.05) is 18.7 Å². The number of guanidine groups is 1. The Morgan fingerprint density at radius 3 is 2.33 bits per heavy atom. The first-order valence-electron chi connectivity index (χ1n) is 8.61. The Morgan fingerprint density at radius 2 is 1.79 bits per heavy atom. The molecule has 0 amide bonds. The van der Waals surface area contributed by atoms with E-state index in [0.29, 0.717) is 31.5 Å². The van der Waals surface area contributed by atoms with Gasteiger partial charge in [-0.15, -0.1) is 24.0 Å². The molecule has 1 saturated heterocycles. The van der Waals surface area contributed by atoms with Gasteiger partial charge < -0.3 is 10.6 Å². The Hall–Kier alpha value is 0.260. The van der Waals surface area contributed by atoms with Crippen molar-refractivity contribution in [1.29, 1.82) is 0 Å². The molecule has 1 heterocycles. The first-order valence-corrected chi connectivity index (χ1v) is 11.4. The number of sulfonamides is 1. The molecule has 1 rings (SSSR count). The number of rotatable bonds is 9. The molecule has 0 aromatic rings. The third-order valence-corrected chi connectivity index (χ3v) is 6.84. The Labute approximate surface area is 169 Å². The van der Waals surface area contributed by atoms with Crippen LogP contribution in [-0.2, 0) is 10.0 Å². The first-order chi connectivity index (χ1) is 11.0. The fourth-order valence-corrected chi connectivity index (χ4v) is 4.85. The lowest BCUT2D eigenvalue weighted by atomic mass is 10.0. The zero-order chi connectivity index (χ0) is 17.1. The van der Waals surface area contributed by atoms with Crippen LogP contribution in [0, 0.1) is 5.92 Å². The first kappa shape index (κ1) is 24.3. The minimum absolute atomic E-state index is 0. The number of nitrogens with zero attached hydrogens (tertiary/aromatic N) is 2. The molecule has 1 fully saturated rings. The van der Waals surface area contributed by atoms with Gasteiger partial charge in [-0.1, -0.05) is 26.7 Å². The van der Waals surface area contributed by atoms with E-state index in [4.69, 9.17) is 0 Å². The average Bonchev–Trinajstić information content (AvgIpc) is 2.56. The van der Waals surface area contributed by atoms with Crippen molar-refractivity contribution < 1.29 is 8.42 Å². The lowest BCUT2D eigenvalue weighted by molar-refractivity contribution is 0.443. The van der Waals surface area contributed by atoms with Crippen LogP contribution in [0.5, 0.6) is 0 Å². The van der Waals surface area contributed by atoms with Crippen LogP contribution < -0.4 is 10.6 Å². The van der Waals surface area contributed by atoms with E-state index in [2.05, 4.69) is 29.5 Å². The maximum atomic E-state index is 12.3. The highest BCUT2D eigenvalue weighted by atomic mass is 127. The summed E-state index contributed by atoms with van der Waals surface area (Å²) < 4.78 is 26.2. The quantitative estimate of drug-likeness (QED) is 0.293. The molecule has 144 valence electrons. The molecule has 1 aliphatic rings. The molecule has 9 heteroatoms. The van der Waals surface area contributed by atoms with Gasteiger partial charge in [0.05, 0.1) is 5.75 Å². The van der Waals surface area contributed by atoms with Crippen LogP contribution in [0.4, 0.5) is 0 Å². The molecule has 0 unspecified atom stereocenters. The summed E-state index contributed by atoms with van der Waals surface area (Å²) in [7, 11) is -3.16. The molecular weight excluding hydrogens is 459 g/mol. The molecule has 24 heavy (non-hydrogen) atoms. The number of aliphatic imine (C=N–C) groups is 1. The van der Waals surface area contributed by atoms with Crippen LogP contribution in [0.3, 0.4) is 0 Å². The zero-order valence-corrected chi connectivity index (χ0v) is 19.0.